The summed E-state index contributed by atoms with van der Waals surface area (Å²) < 4.78 is 5.37. The maximum Gasteiger partial charge on any atom is 0.251 e. The van der Waals surface area contributed by atoms with Gasteiger partial charge >= 0.3 is 0 Å². The second-order valence-electron chi connectivity index (χ2n) is 6.26. The van der Waals surface area contributed by atoms with Crippen molar-refractivity contribution in [1.29, 1.82) is 0 Å². The van der Waals surface area contributed by atoms with Crippen LogP contribution in [0.15, 0.2) is 48.5 Å². The van der Waals surface area contributed by atoms with Crippen LogP contribution < -0.4 is 15.4 Å². The number of rotatable bonds is 8. The molecule has 0 heterocycles. The van der Waals surface area contributed by atoms with Gasteiger partial charge in [-0.2, -0.15) is 0 Å². The summed E-state index contributed by atoms with van der Waals surface area (Å²) in [5.41, 5.74) is 2.70. The fourth-order valence-electron chi connectivity index (χ4n) is 2.73. The third kappa shape index (κ3) is 5.62. The number of aryl methyl sites for hydroxylation is 1. The van der Waals surface area contributed by atoms with Crippen molar-refractivity contribution >= 4 is 11.8 Å². The van der Waals surface area contributed by atoms with Crippen LogP contribution in [0.4, 0.5) is 0 Å². The van der Waals surface area contributed by atoms with Crippen LogP contribution in [0.5, 0.6) is 5.75 Å². The minimum atomic E-state index is -0.142. The topological polar surface area (TPSA) is 67.4 Å². The van der Waals surface area contributed by atoms with Gasteiger partial charge in [-0.3, -0.25) is 9.59 Å². The minimum Gasteiger partial charge on any atom is -0.496 e. The molecule has 2 N–H and O–H groups in total. The summed E-state index contributed by atoms with van der Waals surface area (Å²) in [4.78, 5) is 24.1. The Morgan fingerprint density at radius 2 is 1.85 bits per heavy atom. The lowest BCUT2D eigenvalue weighted by molar-refractivity contribution is -0.121. The Bertz CT molecular complexity index is 744. The molecule has 0 fully saturated rings. The van der Waals surface area contributed by atoms with Crippen molar-refractivity contribution in [1.82, 2.24) is 10.6 Å². The van der Waals surface area contributed by atoms with Gasteiger partial charge in [-0.1, -0.05) is 35.9 Å². The average Bonchev–Trinajstić information content (AvgIpc) is 2.65. The van der Waals surface area contributed by atoms with Crippen LogP contribution >= 0.6 is 0 Å². The first kappa shape index (κ1) is 19.5. The van der Waals surface area contributed by atoms with Crippen molar-refractivity contribution < 1.29 is 14.3 Å². The zero-order valence-electron chi connectivity index (χ0n) is 15.5. The van der Waals surface area contributed by atoms with E-state index in [-0.39, 0.29) is 17.9 Å². The molecule has 0 saturated heterocycles. The molecule has 0 aromatic heterocycles. The fourth-order valence-corrected chi connectivity index (χ4v) is 2.73. The van der Waals surface area contributed by atoms with Crippen molar-refractivity contribution in [3.8, 4) is 5.75 Å². The van der Waals surface area contributed by atoms with Crippen LogP contribution in [-0.4, -0.2) is 25.5 Å². The summed E-state index contributed by atoms with van der Waals surface area (Å²) >= 11 is 0. The van der Waals surface area contributed by atoms with E-state index in [0.717, 1.165) is 16.9 Å². The molecule has 2 aromatic carbocycles. The van der Waals surface area contributed by atoms with E-state index >= 15 is 0 Å². The number of hydrogen-bond donors (Lipinski definition) is 2. The van der Waals surface area contributed by atoms with Crippen LogP contribution in [0.3, 0.4) is 0 Å². The van der Waals surface area contributed by atoms with Gasteiger partial charge in [0.15, 0.2) is 0 Å². The molecule has 0 bridgehead atoms. The van der Waals surface area contributed by atoms with Crippen molar-refractivity contribution in [2.75, 3.05) is 13.7 Å². The number of amides is 2. The van der Waals surface area contributed by atoms with E-state index in [9.17, 15) is 9.59 Å². The highest BCUT2D eigenvalue weighted by Gasteiger charge is 2.14. The number of hydrogen-bond acceptors (Lipinski definition) is 3. The lowest BCUT2D eigenvalue weighted by Gasteiger charge is -2.18. The Kier molecular flexibility index (Phi) is 7.21. The number of carbonyl (C=O) groups excluding carboxylic acids is 2. The fraction of sp³-hybridized carbons (Fsp3) is 0.333. The third-order valence-corrected chi connectivity index (χ3v) is 4.13. The Balaban J connectivity index is 1.77. The summed E-state index contributed by atoms with van der Waals surface area (Å²) in [5, 5.41) is 5.81. The number of ether oxygens (including phenoxy) is 1. The molecule has 138 valence electrons. The maximum absolute atomic E-state index is 12.2. The number of benzene rings is 2. The van der Waals surface area contributed by atoms with Gasteiger partial charge in [0, 0.05) is 24.1 Å². The summed E-state index contributed by atoms with van der Waals surface area (Å²) in [6, 6.07) is 14.8. The van der Waals surface area contributed by atoms with Gasteiger partial charge in [-0.15, -0.1) is 0 Å². The Labute approximate surface area is 154 Å². The predicted molar refractivity (Wildman–Crippen MR) is 102 cm³/mol. The Morgan fingerprint density at radius 3 is 2.54 bits per heavy atom. The third-order valence-electron chi connectivity index (χ3n) is 4.13. The molecular formula is C21H26N2O3. The van der Waals surface area contributed by atoms with Crippen molar-refractivity contribution in [2.45, 2.75) is 32.7 Å². The van der Waals surface area contributed by atoms with Gasteiger partial charge in [-0.05, 0) is 38.5 Å². The van der Waals surface area contributed by atoms with Gasteiger partial charge in [0.2, 0.25) is 5.91 Å². The van der Waals surface area contributed by atoms with Gasteiger partial charge in [0.1, 0.15) is 5.75 Å². The molecule has 5 nitrogen and oxygen atoms in total. The van der Waals surface area contributed by atoms with E-state index in [1.54, 1.807) is 19.2 Å². The zero-order valence-corrected chi connectivity index (χ0v) is 15.5. The van der Waals surface area contributed by atoms with Crippen LogP contribution in [0.1, 0.15) is 47.3 Å². The molecule has 26 heavy (non-hydrogen) atoms. The Hall–Kier alpha value is -2.82. The summed E-state index contributed by atoms with van der Waals surface area (Å²) in [6.45, 7) is 4.41. The lowest BCUT2D eigenvalue weighted by Crippen LogP contribution is -2.29. The molecular weight excluding hydrogens is 328 g/mol. The largest absolute Gasteiger partial charge is 0.496 e. The second-order valence-corrected chi connectivity index (χ2v) is 6.26. The highest BCUT2D eigenvalue weighted by atomic mass is 16.5. The van der Waals surface area contributed by atoms with Gasteiger partial charge in [0.05, 0.1) is 13.2 Å². The van der Waals surface area contributed by atoms with E-state index in [4.69, 9.17) is 4.74 Å². The summed E-state index contributed by atoms with van der Waals surface area (Å²) in [5.74, 6) is 0.595. The smallest absolute Gasteiger partial charge is 0.251 e. The second kappa shape index (κ2) is 9.61. The van der Waals surface area contributed by atoms with Gasteiger partial charge in [-0.25, -0.2) is 0 Å². The van der Waals surface area contributed by atoms with E-state index in [1.807, 2.05) is 50.2 Å². The Morgan fingerprint density at radius 1 is 1.12 bits per heavy atom. The van der Waals surface area contributed by atoms with Gasteiger partial charge < -0.3 is 15.4 Å². The molecule has 2 aromatic rings. The molecule has 0 aliphatic heterocycles. The van der Waals surface area contributed by atoms with Crippen LogP contribution in [0, 0.1) is 6.92 Å². The molecule has 0 spiro atoms. The van der Waals surface area contributed by atoms with Crippen molar-refractivity contribution in [3.05, 3.63) is 65.2 Å². The highest BCUT2D eigenvalue weighted by molar-refractivity contribution is 5.94. The normalized spacial score (nSPS) is 11.5. The molecule has 5 heteroatoms. The maximum atomic E-state index is 12.2. The van der Waals surface area contributed by atoms with Crippen molar-refractivity contribution in [2.24, 2.45) is 0 Å². The predicted octanol–water partition coefficient (Wildman–Crippen LogP) is 3.39. The quantitative estimate of drug-likeness (QED) is 0.714. The SMILES string of the molecule is COc1ccc(C)cc1C(C)NC(=O)CCCNC(=O)c1ccccc1. The standard InChI is InChI=1S/C21H26N2O3/c1-15-11-12-19(26-3)18(14-15)16(2)23-20(24)10-7-13-22-21(25)17-8-5-4-6-9-17/h4-6,8-9,11-12,14,16H,7,10,13H2,1-3H3,(H,22,25)(H,23,24). The molecule has 2 rings (SSSR count). The minimum absolute atomic E-state index is 0.0463. The van der Waals surface area contributed by atoms with Crippen LogP contribution in [0.2, 0.25) is 0 Å². The molecule has 2 amide bonds. The molecule has 0 aliphatic carbocycles. The number of carbonyl (C=O) groups is 2. The zero-order chi connectivity index (χ0) is 18.9. The molecule has 0 aliphatic rings. The molecule has 0 radical (unpaired) electrons. The van der Waals surface area contributed by atoms with Crippen molar-refractivity contribution in [3.63, 3.8) is 0 Å². The van der Waals surface area contributed by atoms with E-state index in [0.29, 0.717) is 24.9 Å². The van der Waals surface area contributed by atoms with E-state index in [2.05, 4.69) is 10.6 Å². The lowest BCUT2D eigenvalue weighted by atomic mass is 10.0. The summed E-state index contributed by atoms with van der Waals surface area (Å²) in [7, 11) is 1.62. The van der Waals surface area contributed by atoms with Crippen LogP contribution in [-0.2, 0) is 4.79 Å². The first-order valence-corrected chi connectivity index (χ1v) is 8.78. The monoisotopic (exact) mass is 354 g/mol. The van der Waals surface area contributed by atoms with Crippen LogP contribution in [0.25, 0.3) is 0 Å². The molecule has 1 atom stereocenters. The number of nitrogens with one attached hydrogen (secondary N) is 2. The summed E-state index contributed by atoms with van der Waals surface area (Å²) in [6.07, 6.45) is 0.940. The van der Waals surface area contributed by atoms with E-state index < -0.39 is 0 Å². The average molecular weight is 354 g/mol. The van der Waals surface area contributed by atoms with E-state index in [1.165, 1.54) is 0 Å². The highest BCUT2D eigenvalue weighted by Crippen LogP contribution is 2.26. The van der Waals surface area contributed by atoms with Gasteiger partial charge in [0.25, 0.3) is 5.91 Å². The first-order chi connectivity index (χ1) is 12.5. The number of methoxy groups -OCH3 is 1. The first-order valence-electron chi connectivity index (χ1n) is 8.78. The molecule has 1 unspecified atom stereocenters. The molecule has 0 saturated carbocycles.